The van der Waals surface area contributed by atoms with Crippen LogP contribution in [0.2, 0.25) is 0 Å². The quantitative estimate of drug-likeness (QED) is 0.195. The highest BCUT2D eigenvalue weighted by Gasteiger charge is 2.32. The number of ether oxygens (including phenoxy) is 2. The number of rotatable bonds is 10. The topological polar surface area (TPSA) is 155 Å². The van der Waals surface area contributed by atoms with Crippen LogP contribution in [0.3, 0.4) is 0 Å². The van der Waals surface area contributed by atoms with E-state index < -0.39 is 12.0 Å². The van der Waals surface area contributed by atoms with Crippen LogP contribution in [0, 0.1) is 0 Å². The molecule has 222 valence electrons. The van der Waals surface area contributed by atoms with Crippen LogP contribution in [0.5, 0.6) is 5.75 Å². The molecule has 10 nitrogen and oxygen atoms in total. The Kier molecular flexibility index (Phi) is 25.5. The second-order valence-electron chi connectivity index (χ2n) is 8.56. The number of allylic oxidation sites excluding steroid dienone is 4. The van der Waals surface area contributed by atoms with Gasteiger partial charge in [-0.05, 0) is 65.7 Å². The molecule has 1 fully saturated rings. The zero-order valence-corrected chi connectivity index (χ0v) is 24.8. The van der Waals surface area contributed by atoms with Crippen LogP contribution in [0.1, 0.15) is 61.0 Å². The predicted octanol–water partition coefficient (Wildman–Crippen LogP) is 3.47. The van der Waals surface area contributed by atoms with Gasteiger partial charge in [0.2, 0.25) is 6.41 Å². The minimum absolute atomic E-state index is 0.222. The number of aldehydes is 1. The number of hydrogen-bond donors (Lipinski definition) is 4. The van der Waals surface area contributed by atoms with Gasteiger partial charge in [-0.3, -0.25) is 14.4 Å². The molecule has 1 aromatic rings. The number of carbonyl (C=O) groups is 4. The van der Waals surface area contributed by atoms with Gasteiger partial charge in [-0.15, -0.1) is 0 Å². The molecule has 1 saturated heterocycles. The molecule has 1 unspecified atom stereocenters. The largest absolute Gasteiger partial charge is 0.488 e. The zero-order chi connectivity index (χ0) is 30.9. The monoisotopic (exact) mass is 552 g/mol. The lowest BCUT2D eigenvalue weighted by Gasteiger charge is -2.21. The molecule has 10 heteroatoms. The van der Waals surface area contributed by atoms with E-state index in [2.05, 4.69) is 24.4 Å². The first-order valence-electron chi connectivity index (χ1n) is 12.7. The van der Waals surface area contributed by atoms with Gasteiger partial charge in [-0.25, -0.2) is 0 Å². The minimum atomic E-state index is -1.04. The summed E-state index contributed by atoms with van der Waals surface area (Å²) in [6.07, 6.45) is 7.37. The SMILES string of the molecule is C/C=C\C(C)=C/C.CC.CC(C)(C)Oc1ccc(C[C@@H](C=O)NC(=O)C2CO2)cc1.CO.O=CNCC(=O)O. The average Bonchev–Trinajstić information content (AvgIpc) is 3.76. The molecule has 0 bridgehead atoms. The van der Waals surface area contributed by atoms with Crippen LogP contribution in [-0.4, -0.2) is 72.8 Å². The second-order valence-corrected chi connectivity index (χ2v) is 8.56. The number of aliphatic hydroxyl groups is 1. The number of nitrogens with one attached hydrogen (secondary N) is 2. The molecule has 1 aromatic carbocycles. The normalized spacial score (nSPS) is 14.1. The van der Waals surface area contributed by atoms with E-state index in [9.17, 15) is 19.2 Å². The highest BCUT2D eigenvalue weighted by atomic mass is 16.6. The van der Waals surface area contributed by atoms with Gasteiger partial charge in [0.1, 0.15) is 24.2 Å². The molecule has 0 saturated carbocycles. The number of carbonyl (C=O) groups excluding carboxylic acids is 3. The van der Waals surface area contributed by atoms with Crippen molar-refractivity contribution in [1.82, 2.24) is 10.6 Å². The summed E-state index contributed by atoms with van der Waals surface area (Å²) < 4.78 is 10.6. The van der Waals surface area contributed by atoms with Crippen molar-refractivity contribution in [2.24, 2.45) is 0 Å². The maximum absolute atomic E-state index is 11.6. The van der Waals surface area contributed by atoms with Gasteiger partial charge in [0.05, 0.1) is 12.6 Å². The van der Waals surface area contributed by atoms with E-state index >= 15 is 0 Å². The van der Waals surface area contributed by atoms with Crippen LogP contribution >= 0.6 is 0 Å². The molecule has 0 aliphatic carbocycles. The first-order chi connectivity index (χ1) is 18.4. The second kappa shape index (κ2) is 24.8. The van der Waals surface area contributed by atoms with Crippen LogP contribution in [0.25, 0.3) is 0 Å². The third kappa shape index (κ3) is 25.9. The Hall–Kier alpha value is -3.50. The van der Waals surface area contributed by atoms with Crippen molar-refractivity contribution in [3.05, 3.63) is 53.6 Å². The summed E-state index contributed by atoms with van der Waals surface area (Å²) >= 11 is 0. The average molecular weight is 553 g/mol. The van der Waals surface area contributed by atoms with Crippen LogP contribution < -0.4 is 15.4 Å². The van der Waals surface area contributed by atoms with Crippen LogP contribution in [-0.2, 0) is 30.3 Å². The Morgan fingerprint density at radius 1 is 1.13 bits per heavy atom. The first kappa shape index (κ1) is 40.0. The molecule has 0 aromatic heterocycles. The molecule has 1 aliphatic heterocycles. The van der Waals surface area contributed by atoms with Crippen LogP contribution in [0.4, 0.5) is 0 Å². The summed E-state index contributed by atoms with van der Waals surface area (Å²) in [6.45, 7) is 16.2. The van der Waals surface area contributed by atoms with E-state index in [1.54, 1.807) is 0 Å². The van der Waals surface area contributed by atoms with E-state index in [-0.39, 0.29) is 24.2 Å². The molecule has 4 N–H and O–H groups in total. The lowest BCUT2D eigenvalue weighted by molar-refractivity contribution is -0.136. The lowest BCUT2D eigenvalue weighted by atomic mass is 10.1. The molecule has 0 spiro atoms. The smallest absolute Gasteiger partial charge is 0.322 e. The molecule has 39 heavy (non-hydrogen) atoms. The Balaban J connectivity index is -0.000000594. The summed E-state index contributed by atoms with van der Waals surface area (Å²) in [4.78, 5) is 41.5. The highest BCUT2D eigenvalue weighted by Crippen LogP contribution is 2.19. The van der Waals surface area contributed by atoms with E-state index in [0.717, 1.165) is 24.7 Å². The van der Waals surface area contributed by atoms with Crippen molar-refractivity contribution in [3.8, 4) is 5.75 Å². The summed E-state index contributed by atoms with van der Waals surface area (Å²) in [7, 11) is 1.00. The number of benzene rings is 1. The molecule has 1 aliphatic rings. The van der Waals surface area contributed by atoms with Crippen molar-refractivity contribution in [2.45, 2.75) is 79.6 Å². The number of amides is 2. The first-order valence-corrected chi connectivity index (χ1v) is 12.7. The summed E-state index contributed by atoms with van der Waals surface area (Å²) in [5.74, 6) is -0.476. The number of aliphatic carboxylic acids is 1. The van der Waals surface area contributed by atoms with Gasteiger partial charge in [0.15, 0.2) is 6.10 Å². The van der Waals surface area contributed by atoms with E-state index in [1.807, 2.05) is 84.1 Å². The fourth-order valence-electron chi connectivity index (χ4n) is 2.40. The molecule has 0 radical (unpaired) electrons. The summed E-state index contributed by atoms with van der Waals surface area (Å²) in [5.41, 5.74) is 2.04. The van der Waals surface area contributed by atoms with Crippen molar-refractivity contribution < 1.29 is 38.9 Å². The van der Waals surface area contributed by atoms with Crippen molar-refractivity contribution in [2.75, 3.05) is 20.3 Å². The van der Waals surface area contributed by atoms with Crippen LogP contribution in [0.15, 0.2) is 48.1 Å². The standard InChI is InChI=1S/C16H21NO4.C7H12.C3H5NO3.C2H6.CH4O/c1-16(2,3)21-13-6-4-11(5-7-13)8-12(9-18)17-15(19)14-10-20-14;1-4-6-7(3)5-2;5-2-4-1-3(6)7;2*1-2/h4-7,9,12,14H,8,10H2,1-3H3,(H,17,19);4-6H,1-3H3;2H,1H2,(H,4,5)(H,6,7);1-2H3;2H,1H3/b;6-4-,7-5-;;;/t12-,14?;;;;/m0..../s1. The number of carboxylic acids is 1. The Bertz CT molecular complexity index is 855. The van der Waals surface area contributed by atoms with Gasteiger partial charge in [0.25, 0.3) is 5.91 Å². The third-order valence-corrected chi connectivity index (χ3v) is 4.14. The maximum atomic E-state index is 11.6. The fraction of sp³-hybridized carbons (Fsp3) is 0.517. The van der Waals surface area contributed by atoms with Crippen molar-refractivity contribution >= 4 is 24.6 Å². The van der Waals surface area contributed by atoms with Gasteiger partial charge >= 0.3 is 5.97 Å². The molecule has 2 amide bonds. The zero-order valence-electron chi connectivity index (χ0n) is 24.8. The Morgan fingerprint density at radius 3 is 1.97 bits per heavy atom. The summed E-state index contributed by atoms with van der Waals surface area (Å²) in [6, 6.07) is 7.01. The molecule has 2 atom stereocenters. The van der Waals surface area contributed by atoms with E-state index in [0.29, 0.717) is 19.4 Å². The van der Waals surface area contributed by atoms with Gasteiger partial charge < -0.3 is 35.1 Å². The Morgan fingerprint density at radius 2 is 1.67 bits per heavy atom. The lowest BCUT2D eigenvalue weighted by Crippen LogP contribution is -2.40. The molecule has 1 heterocycles. The highest BCUT2D eigenvalue weighted by molar-refractivity contribution is 5.85. The number of hydrogen-bond acceptors (Lipinski definition) is 7. The molecular weight excluding hydrogens is 504 g/mol. The number of carboxylic acid groups (broad SMARTS) is 1. The van der Waals surface area contributed by atoms with Crippen molar-refractivity contribution in [3.63, 3.8) is 0 Å². The van der Waals surface area contributed by atoms with E-state index in [1.165, 1.54) is 5.57 Å². The minimum Gasteiger partial charge on any atom is -0.488 e. The fourth-order valence-corrected chi connectivity index (χ4v) is 2.40. The maximum Gasteiger partial charge on any atom is 0.322 e. The number of epoxide rings is 1. The molecular formula is C29H48N2O8. The van der Waals surface area contributed by atoms with Crippen molar-refractivity contribution in [1.29, 1.82) is 0 Å². The van der Waals surface area contributed by atoms with Gasteiger partial charge in [-0.1, -0.05) is 49.8 Å². The van der Waals surface area contributed by atoms with Gasteiger partial charge in [0, 0.05) is 7.11 Å². The van der Waals surface area contributed by atoms with Gasteiger partial charge in [-0.2, -0.15) is 0 Å². The number of aliphatic hydroxyl groups excluding tert-OH is 1. The Labute approximate surface area is 233 Å². The molecule has 2 rings (SSSR count). The van der Waals surface area contributed by atoms with E-state index in [4.69, 9.17) is 19.7 Å². The third-order valence-electron chi connectivity index (χ3n) is 4.14. The summed E-state index contributed by atoms with van der Waals surface area (Å²) in [5, 5.41) is 19.5. The predicted molar refractivity (Wildman–Crippen MR) is 154 cm³/mol.